The van der Waals surface area contributed by atoms with Gasteiger partial charge in [-0.1, -0.05) is 12.6 Å². The Labute approximate surface area is 147 Å². The Morgan fingerprint density at radius 3 is 2.88 bits per heavy atom. The molecule has 6 nitrogen and oxygen atoms in total. The minimum atomic E-state index is -0.0269. The Morgan fingerprint density at radius 2 is 2.24 bits per heavy atom. The lowest BCUT2D eigenvalue weighted by atomic mass is 9.99. The van der Waals surface area contributed by atoms with Gasteiger partial charge in [0.1, 0.15) is 0 Å². The number of amides is 1. The molecule has 0 saturated heterocycles. The van der Waals surface area contributed by atoms with Gasteiger partial charge in [0.2, 0.25) is 0 Å². The highest BCUT2D eigenvalue weighted by molar-refractivity contribution is 6.10. The maximum Gasteiger partial charge on any atom is 0.251 e. The molecule has 0 spiro atoms. The van der Waals surface area contributed by atoms with Crippen LogP contribution >= 0.6 is 0 Å². The molecule has 1 aromatic heterocycles. The van der Waals surface area contributed by atoms with E-state index in [0.717, 1.165) is 35.2 Å². The molecule has 0 bridgehead atoms. The fourth-order valence-corrected chi connectivity index (χ4v) is 2.47. The zero-order valence-corrected chi connectivity index (χ0v) is 14.9. The molecule has 1 amide bonds. The number of aromatic nitrogens is 2. The second kappa shape index (κ2) is 6.93. The zero-order valence-electron chi connectivity index (χ0n) is 14.9. The molecule has 6 heteroatoms. The summed E-state index contributed by atoms with van der Waals surface area (Å²) in [7, 11) is 3.72. The van der Waals surface area contributed by atoms with E-state index in [1.54, 1.807) is 22.1 Å². The van der Waals surface area contributed by atoms with Gasteiger partial charge in [-0.25, -0.2) is 0 Å². The van der Waals surface area contributed by atoms with Gasteiger partial charge in [-0.2, -0.15) is 10.2 Å². The van der Waals surface area contributed by atoms with Crippen LogP contribution in [0.2, 0.25) is 0 Å². The van der Waals surface area contributed by atoms with Gasteiger partial charge in [0.15, 0.2) is 0 Å². The number of carbonyl (C=O) groups is 1. The number of aryl methyl sites for hydroxylation is 2. The topological polar surface area (TPSA) is 62.5 Å². The average Bonchev–Trinajstić information content (AvgIpc) is 3.30. The van der Waals surface area contributed by atoms with Crippen molar-refractivity contribution >= 4 is 23.4 Å². The summed E-state index contributed by atoms with van der Waals surface area (Å²) in [4.78, 5) is 12.2. The third-order valence-corrected chi connectivity index (χ3v) is 4.21. The number of benzene rings is 1. The van der Waals surface area contributed by atoms with Crippen LogP contribution in [0.4, 0.5) is 5.69 Å². The van der Waals surface area contributed by atoms with Gasteiger partial charge in [-0.05, 0) is 48.6 Å². The molecule has 0 unspecified atom stereocenters. The van der Waals surface area contributed by atoms with Crippen molar-refractivity contribution in [1.82, 2.24) is 15.1 Å². The van der Waals surface area contributed by atoms with Crippen molar-refractivity contribution < 1.29 is 4.79 Å². The maximum absolute atomic E-state index is 12.2. The monoisotopic (exact) mass is 337 g/mol. The summed E-state index contributed by atoms with van der Waals surface area (Å²) in [5, 5.41) is 13.3. The molecule has 130 valence electrons. The molecule has 0 radical (unpaired) electrons. The summed E-state index contributed by atoms with van der Waals surface area (Å²) in [6.45, 7) is 6.10. The molecule has 1 fully saturated rings. The van der Waals surface area contributed by atoms with E-state index in [1.165, 1.54) is 0 Å². The molecule has 1 saturated carbocycles. The highest BCUT2D eigenvalue weighted by Gasteiger charge is 2.24. The number of nitrogens with zero attached hydrogens (tertiary/aromatic N) is 4. The lowest BCUT2D eigenvalue weighted by Gasteiger charge is -2.12. The Balaban J connectivity index is 1.74. The van der Waals surface area contributed by atoms with Crippen LogP contribution in [-0.2, 0) is 7.05 Å². The van der Waals surface area contributed by atoms with Crippen LogP contribution in [0.1, 0.15) is 34.3 Å². The van der Waals surface area contributed by atoms with Crippen LogP contribution in [0.3, 0.4) is 0 Å². The average molecular weight is 337 g/mol. The van der Waals surface area contributed by atoms with Crippen molar-refractivity contribution in [3.63, 3.8) is 0 Å². The summed E-state index contributed by atoms with van der Waals surface area (Å²) in [5.74, 6) is -0.0269. The van der Waals surface area contributed by atoms with Gasteiger partial charge < -0.3 is 5.32 Å². The molecule has 1 aliphatic rings. The van der Waals surface area contributed by atoms with E-state index >= 15 is 0 Å². The fourth-order valence-electron chi connectivity index (χ4n) is 2.47. The third kappa shape index (κ3) is 4.15. The molecule has 0 atom stereocenters. The van der Waals surface area contributed by atoms with Gasteiger partial charge in [-0.15, -0.1) is 0 Å². The highest BCUT2D eigenvalue weighted by Crippen LogP contribution is 2.22. The fraction of sp³-hybridized carbons (Fsp3) is 0.316. The van der Waals surface area contributed by atoms with E-state index < -0.39 is 0 Å². The lowest BCUT2D eigenvalue weighted by Crippen LogP contribution is -2.25. The second-order valence-electron chi connectivity index (χ2n) is 6.44. The van der Waals surface area contributed by atoms with E-state index in [1.807, 2.05) is 45.4 Å². The van der Waals surface area contributed by atoms with Crippen LogP contribution in [-0.4, -0.2) is 35.0 Å². The van der Waals surface area contributed by atoms with E-state index in [9.17, 15) is 4.79 Å². The first kappa shape index (κ1) is 17.0. The third-order valence-electron chi connectivity index (χ3n) is 4.21. The van der Waals surface area contributed by atoms with E-state index in [0.29, 0.717) is 11.6 Å². The summed E-state index contributed by atoms with van der Waals surface area (Å²) < 4.78 is 1.72. The van der Waals surface area contributed by atoms with Crippen molar-refractivity contribution in [3.05, 3.63) is 53.9 Å². The Morgan fingerprint density at radius 1 is 1.48 bits per heavy atom. The SMILES string of the molecule is C=C(/C=N\N(C)c1cnn(C)c1)c1cc(C(=O)NC2CC2)ccc1C. The number of carbonyl (C=O) groups excluding carboxylic acids is 1. The van der Waals surface area contributed by atoms with Crippen molar-refractivity contribution in [2.75, 3.05) is 12.1 Å². The standard InChI is InChI=1S/C19H23N5O/c1-13-5-6-15(19(25)22-16-7-8-16)9-18(13)14(2)10-21-24(4)17-11-20-23(3)12-17/h5-6,9-12,16H,2,7-8H2,1,3-4H3,(H,22,25)/b21-10-. The number of nitrogens with one attached hydrogen (secondary N) is 1. The van der Waals surface area contributed by atoms with Gasteiger partial charge in [0.05, 0.1) is 18.1 Å². The molecular formula is C19H23N5O. The molecule has 1 N–H and O–H groups in total. The van der Waals surface area contributed by atoms with E-state index in [2.05, 4.69) is 22.1 Å². The molecule has 25 heavy (non-hydrogen) atoms. The van der Waals surface area contributed by atoms with Crippen LogP contribution in [0.5, 0.6) is 0 Å². The molecule has 2 aromatic rings. The maximum atomic E-state index is 12.2. The van der Waals surface area contributed by atoms with Gasteiger partial charge >= 0.3 is 0 Å². The zero-order chi connectivity index (χ0) is 18.0. The minimum Gasteiger partial charge on any atom is -0.349 e. The summed E-state index contributed by atoms with van der Waals surface area (Å²) in [6.07, 6.45) is 7.48. The molecule has 1 heterocycles. The first-order valence-corrected chi connectivity index (χ1v) is 8.31. The number of hydrogen-bond donors (Lipinski definition) is 1. The largest absolute Gasteiger partial charge is 0.349 e. The van der Waals surface area contributed by atoms with Crippen molar-refractivity contribution in [2.45, 2.75) is 25.8 Å². The molecule has 1 aromatic carbocycles. The van der Waals surface area contributed by atoms with E-state index in [4.69, 9.17) is 0 Å². The van der Waals surface area contributed by atoms with E-state index in [-0.39, 0.29) is 5.91 Å². The number of hydrogen-bond acceptors (Lipinski definition) is 4. The predicted molar refractivity (Wildman–Crippen MR) is 101 cm³/mol. The number of anilines is 1. The predicted octanol–water partition coefficient (Wildman–Crippen LogP) is 2.76. The van der Waals surface area contributed by atoms with Crippen LogP contribution in [0.15, 0.2) is 42.3 Å². The van der Waals surface area contributed by atoms with Crippen molar-refractivity contribution in [1.29, 1.82) is 0 Å². The Kier molecular flexibility index (Phi) is 4.70. The van der Waals surface area contributed by atoms with Crippen molar-refractivity contribution in [3.8, 4) is 0 Å². The molecule has 1 aliphatic carbocycles. The lowest BCUT2D eigenvalue weighted by molar-refractivity contribution is 0.0951. The Bertz CT molecular complexity index is 832. The second-order valence-corrected chi connectivity index (χ2v) is 6.44. The van der Waals surface area contributed by atoms with Gasteiger partial charge in [0.25, 0.3) is 5.91 Å². The summed E-state index contributed by atoms with van der Waals surface area (Å²) in [5.41, 5.74) is 4.29. The van der Waals surface area contributed by atoms with Gasteiger partial charge in [0, 0.05) is 31.9 Å². The number of rotatable bonds is 6. The Hall–Kier alpha value is -2.89. The number of hydrazone groups is 1. The molecular weight excluding hydrogens is 314 g/mol. The van der Waals surface area contributed by atoms with Gasteiger partial charge in [-0.3, -0.25) is 14.5 Å². The normalized spacial score (nSPS) is 13.9. The van der Waals surface area contributed by atoms with Crippen molar-refractivity contribution in [2.24, 2.45) is 12.1 Å². The summed E-state index contributed by atoms with van der Waals surface area (Å²) >= 11 is 0. The van der Waals surface area contributed by atoms with Crippen LogP contribution in [0.25, 0.3) is 5.57 Å². The highest BCUT2D eigenvalue weighted by atomic mass is 16.1. The number of allylic oxidation sites excluding steroid dienone is 1. The first-order chi connectivity index (χ1) is 11.9. The minimum absolute atomic E-state index is 0.0269. The first-order valence-electron chi connectivity index (χ1n) is 8.31. The summed E-state index contributed by atoms with van der Waals surface area (Å²) in [6, 6.07) is 6.02. The quantitative estimate of drug-likeness (QED) is 0.651. The molecule has 3 rings (SSSR count). The van der Waals surface area contributed by atoms with Crippen LogP contribution in [0, 0.1) is 6.92 Å². The van der Waals surface area contributed by atoms with Crippen LogP contribution < -0.4 is 10.3 Å². The molecule has 0 aliphatic heterocycles. The smallest absolute Gasteiger partial charge is 0.251 e.